The maximum absolute atomic E-state index is 13.0. The first-order valence-corrected chi connectivity index (χ1v) is 13.8. The van der Waals surface area contributed by atoms with E-state index in [1.54, 1.807) is 36.0 Å². The minimum absolute atomic E-state index is 0.000828. The summed E-state index contributed by atoms with van der Waals surface area (Å²) in [7, 11) is 0.0571. The normalized spacial score (nSPS) is 19.5. The lowest BCUT2D eigenvalue weighted by Crippen LogP contribution is -2.31. The van der Waals surface area contributed by atoms with Crippen LogP contribution in [0.3, 0.4) is 0 Å². The number of ether oxygens (including phenoxy) is 3. The molecular formula is C29H32N4O7S. The third-order valence-electron chi connectivity index (χ3n) is 6.25. The van der Waals surface area contributed by atoms with Gasteiger partial charge in [-0.2, -0.15) is 4.98 Å². The number of nitrogens with one attached hydrogen (secondary N) is 2. The number of esters is 1. The summed E-state index contributed by atoms with van der Waals surface area (Å²) >= 11 is 1.55. The summed E-state index contributed by atoms with van der Waals surface area (Å²) in [5, 5.41) is 4.89. The van der Waals surface area contributed by atoms with Gasteiger partial charge in [-0.3, -0.25) is 19.0 Å². The van der Waals surface area contributed by atoms with Crippen LogP contribution in [0.25, 0.3) is 0 Å². The van der Waals surface area contributed by atoms with E-state index in [0.717, 1.165) is 4.90 Å². The molecule has 12 heteroatoms. The number of methoxy groups -OCH3 is 1. The van der Waals surface area contributed by atoms with Gasteiger partial charge in [0.2, 0.25) is 5.91 Å². The number of carbonyl (C=O) groups excluding carboxylic acids is 3. The molecular weight excluding hydrogens is 548 g/mol. The van der Waals surface area contributed by atoms with E-state index in [-0.39, 0.29) is 43.0 Å². The smallest absolute Gasteiger partial charge is 0.351 e. The first-order valence-electron chi connectivity index (χ1n) is 14.1. The zero-order valence-electron chi connectivity index (χ0n) is 24.4. The molecule has 1 aromatic heterocycles. The molecule has 1 aliphatic heterocycles. The molecule has 2 heterocycles. The number of anilines is 1. The topological polar surface area (TPSA) is 138 Å². The molecule has 2 aromatic carbocycles. The van der Waals surface area contributed by atoms with Crippen LogP contribution >= 0.6 is 11.8 Å². The first-order chi connectivity index (χ1) is 20.7. The molecule has 1 aliphatic rings. The Hall–Kier alpha value is -4.00. The molecule has 1 unspecified atom stereocenters. The second kappa shape index (κ2) is 14.6. The molecule has 2 amide bonds. The number of aromatic nitrogens is 2. The number of thioether (sulfide) groups is 1. The fraction of sp³-hybridized carbons (Fsp3) is 0.345. The third kappa shape index (κ3) is 8.49. The fourth-order valence-electron chi connectivity index (χ4n) is 4.15. The summed E-state index contributed by atoms with van der Waals surface area (Å²) in [5.41, 5.74) is 0.356. The molecule has 4 atom stereocenters. The summed E-state index contributed by atoms with van der Waals surface area (Å²) in [6, 6.07) is 17.6. The van der Waals surface area contributed by atoms with Crippen LogP contribution in [0.2, 0.25) is 0 Å². The van der Waals surface area contributed by atoms with E-state index < -0.39 is 37.0 Å². The van der Waals surface area contributed by atoms with Crippen molar-refractivity contribution in [3.8, 4) is 0 Å². The Kier molecular flexibility index (Phi) is 9.67. The van der Waals surface area contributed by atoms with Crippen LogP contribution in [0.4, 0.5) is 5.82 Å². The highest BCUT2D eigenvalue weighted by Crippen LogP contribution is 2.40. The van der Waals surface area contributed by atoms with Crippen molar-refractivity contribution in [2.24, 2.45) is 0 Å². The Morgan fingerprint density at radius 2 is 1.95 bits per heavy atom. The van der Waals surface area contributed by atoms with Crippen molar-refractivity contribution in [2.45, 2.75) is 48.3 Å². The molecule has 0 bridgehead atoms. The second-order valence-electron chi connectivity index (χ2n) is 9.17. The van der Waals surface area contributed by atoms with Crippen molar-refractivity contribution in [1.82, 2.24) is 14.9 Å². The largest absolute Gasteiger partial charge is 0.461 e. The predicted octanol–water partition coefficient (Wildman–Crippen LogP) is 3.16. The monoisotopic (exact) mass is 583 g/mol. The molecule has 11 nitrogen and oxygen atoms in total. The first kappa shape index (κ1) is 27.2. The van der Waals surface area contributed by atoms with Gasteiger partial charge in [-0.1, -0.05) is 30.3 Å². The van der Waals surface area contributed by atoms with Gasteiger partial charge in [0.05, 0.1) is 27.1 Å². The van der Waals surface area contributed by atoms with Crippen LogP contribution in [0, 0.1) is 0 Å². The molecule has 216 valence electrons. The van der Waals surface area contributed by atoms with E-state index in [9.17, 15) is 19.2 Å². The van der Waals surface area contributed by atoms with E-state index in [1.165, 1.54) is 23.9 Å². The summed E-state index contributed by atoms with van der Waals surface area (Å²) in [5.74, 6) is -1.17. The molecule has 1 fully saturated rings. The molecule has 41 heavy (non-hydrogen) atoms. The molecule has 1 saturated heterocycles. The highest BCUT2D eigenvalue weighted by atomic mass is 32.2. The lowest BCUT2D eigenvalue weighted by atomic mass is 10.1. The average molecular weight is 584 g/mol. The Bertz CT molecular complexity index is 1460. The van der Waals surface area contributed by atoms with Crippen molar-refractivity contribution in [3.63, 3.8) is 0 Å². The van der Waals surface area contributed by atoms with E-state index in [0.29, 0.717) is 17.5 Å². The number of carbonyl (C=O) groups is 3. The number of benzene rings is 2. The number of rotatable bonds is 12. The number of hydrogen-bond donors (Lipinski definition) is 2. The standard InChI is InChI=1S/C29H32N4O7S/c1-30-25(34)12-13-26(35)39-17-19-8-10-20(11-9-19)27(36)31-24-14-15-33(29(37)32-24)28-23(16-21(40-28)18-38-2)41-22-6-4-3-5-7-22/h3-11,14-15,21,23,28H,12-13,16-18H2,1-2H3,(H,30,34)(H,31,32,36,37)/t21-,23+,28+/m0/s1/i2TD/t2?,21-,23+,28+. The van der Waals surface area contributed by atoms with Crippen molar-refractivity contribution >= 4 is 35.4 Å². The fourth-order valence-corrected chi connectivity index (χ4v) is 5.44. The summed E-state index contributed by atoms with van der Waals surface area (Å²) in [6.45, 7) is 0.0517. The second-order valence-corrected chi connectivity index (χ2v) is 10.5. The minimum atomic E-state index is -1.43. The summed E-state index contributed by atoms with van der Waals surface area (Å²) in [4.78, 5) is 53.9. The van der Waals surface area contributed by atoms with Gasteiger partial charge < -0.3 is 24.8 Å². The van der Waals surface area contributed by atoms with Gasteiger partial charge in [-0.25, -0.2) is 4.79 Å². The van der Waals surface area contributed by atoms with Crippen LogP contribution in [0.1, 0.15) is 44.2 Å². The van der Waals surface area contributed by atoms with E-state index in [1.807, 2.05) is 30.3 Å². The quantitative estimate of drug-likeness (QED) is 0.308. The Morgan fingerprint density at radius 3 is 2.66 bits per heavy atom. The van der Waals surface area contributed by atoms with Gasteiger partial charge >= 0.3 is 11.7 Å². The molecule has 0 spiro atoms. The zero-order chi connectivity index (χ0) is 30.8. The molecule has 4 rings (SSSR count). The molecule has 0 radical (unpaired) electrons. The van der Waals surface area contributed by atoms with Crippen LogP contribution < -0.4 is 16.3 Å². The number of amides is 2. The van der Waals surface area contributed by atoms with Crippen LogP contribution in [0.15, 0.2) is 76.6 Å². The highest BCUT2D eigenvalue weighted by Gasteiger charge is 2.37. The van der Waals surface area contributed by atoms with E-state index in [2.05, 4.69) is 15.6 Å². The predicted molar refractivity (Wildman–Crippen MR) is 152 cm³/mol. The van der Waals surface area contributed by atoms with Crippen molar-refractivity contribution < 1.29 is 31.3 Å². The molecule has 0 saturated carbocycles. The van der Waals surface area contributed by atoms with Crippen LogP contribution in [0.5, 0.6) is 0 Å². The Balaban J connectivity index is 1.37. The lowest BCUT2D eigenvalue weighted by molar-refractivity contribution is -0.146. The Labute approximate surface area is 244 Å². The van der Waals surface area contributed by atoms with Gasteiger partial charge in [0.25, 0.3) is 5.91 Å². The van der Waals surface area contributed by atoms with Gasteiger partial charge in [-0.05, 0) is 42.3 Å². The van der Waals surface area contributed by atoms with Gasteiger partial charge in [-0.15, -0.1) is 11.8 Å². The van der Waals surface area contributed by atoms with Crippen LogP contribution in [-0.2, 0) is 30.4 Å². The van der Waals surface area contributed by atoms with E-state index in [4.69, 9.17) is 17.0 Å². The van der Waals surface area contributed by atoms with Crippen molar-refractivity contribution in [3.05, 3.63) is 88.5 Å². The average Bonchev–Trinajstić information content (AvgIpc) is 3.40. The molecule has 0 aliphatic carbocycles. The van der Waals surface area contributed by atoms with Crippen molar-refractivity contribution in [2.75, 3.05) is 26.0 Å². The number of nitrogens with zero attached hydrogens (tertiary/aromatic N) is 2. The van der Waals surface area contributed by atoms with E-state index >= 15 is 0 Å². The molecule has 2 N–H and O–H groups in total. The SMILES string of the molecule is [2H]C([3H])OC[C@@H]1C[C@@H](Sc2ccccc2)[C@H](n2ccc(NC(=O)c3ccc(COC(=O)CCC(=O)NC)cc3)nc2=O)O1. The maximum atomic E-state index is 13.0. The summed E-state index contributed by atoms with van der Waals surface area (Å²) < 4.78 is 32.3. The van der Waals surface area contributed by atoms with Gasteiger partial charge in [0, 0.05) is 37.2 Å². The number of hydrogen-bond acceptors (Lipinski definition) is 9. The molecule has 3 aromatic rings. The van der Waals surface area contributed by atoms with Gasteiger partial charge in [0.15, 0.2) is 6.23 Å². The van der Waals surface area contributed by atoms with Crippen molar-refractivity contribution in [1.29, 1.82) is 0 Å². The lowest BCUT2D eigenvalue weighted by Gasteiger charge is -2.20. The Morgan fingerprint density at radius 1 is 1.17 bits per heavy atom. The van der Waals surface area contributed by atoms with Gasteiger partial charge in [0.1, 0.15) is 12.4 Å². The summed E-state index contributed by atoms with van der Waals surface area (Å²) in [6.07, 6.45) is 0.972. The third-order valence-corrected chi connectivity index (χ3v) is 7.53. The highest BCUT2D eigenvalue weighted by molar-refractivity contribution is 8.00. The van der Waals surface area contributed by atoms with Crippen LogP contribution in [-0.4, -0.2) is 59.4 Å². The minimum Gasteiger partial charge on any atom is -0.461 e. The maximum Gasteiger partial charge on any atom is 0.351 e. The zero-order valence-corrected chi connectivity index (χ0v) is 23.2.